The fraction of sp³-hybridized carbons (Fsp3) is 0.0714. The van der Waals surface area contributed by atoms with Crippen LogP contribution in [0.4, 0.5) is 0 Å². The molecular formula is C14H12Br2N2O2. The topological polar surface area (TPSA) is 67.8 Å². The van der Waals surface area contributed by atoms with Gasteiger partial charge < -0.3 is 15.7 Å². The Morgan fingerprint density at radius 2 is 1.95 bits per heavy atom. The highest BCUT2D eigenvalue weighted by Crippen LogP contribution is 2.30. The lowest BCUT2D eigenvalue weighted by Crippen LogP contribution is -2.13. The minimum absolute atomic E-state index is 0.0436. The third-order valence-corrected chi connectivity index (χ3v) is 3.85. The second-order valence-electron chi connectivity index (χ2n) is 4.14. The van der Waals surface area contributed by atoms with Crippen molar-refractivity contribution in [3.8, 4) is 11.5 Å². The fourth-order valence-corrected chi connectivity index (χ4v) is 2.53. The van der Waals surface area contributed by atoms with Crippen LogP contribution in [0, 0.1) is 6.92 Å². The van der Waals surface area contributed by atoms with Crippen LogP contribution in [0.5, 0.6) is 11.5 Å². The van der Waals surface area contributed by atoms with Crippen LogP contribution >= 0.6 is 31.9 Å². The minimum Gasteiger partial charge on any atom is -0.457 e. The van der Waals surface area contributed by atoms with E-state index >= 15 is 0 Å². The summed E-state index contributed by atoms with van der Waals surface area (Å²) in [6.07, 6.45) is 0. The highest BCUT2D eigenvalue weighted by Gasteiger charge is 2.08. The van der Waals surface area contributed by atoms with Gasteiger partial charge in [0.1, 0.15) is 11.5 Å². The molecule has 6 heteroatoms. The number of nitrogens with two attached hydrogens (primary N) is 1. The van der Waals surface area contributed by atoms with Crippen LogP contribution < -0.4 is 10.5 Å². The first kappa shape index (κ1) is 14.9. The van der Waals surface area contributed by atoms with Crippen LogP contribution in [0.1, 0.15) is 11.1 Å². The first-order chi connectivity index (χ1) is 9.51. The molecular weight excluding hydrogens is 388 g/mol. The van der Waals surface area contributed by atoms with E-state index < -0.39 is 0 Å². The summed E-state index contributed by atoms with van der Waals surface area (Å²) in [6.45, 7) is 1.97. The zero-order valence-electron chi connectivity index (χ0n) is 10.6. The summed E-state index contributed by atoms with van der Waals surface area (Å²) in [6, 6.07) is 11.1. The normalized spacial score (nSPS) is 11.4. The molecule has 0 radical (unpaired) electrons. The van der Waals surface area contributed by atoms with Gasteiger partial charge in [-0.3, -0.25) is 0 Å². The van der Waals surface area contributed by atoms with Gasteiger partial charge in [0.15, 0.2) is 5.84 Å². The Labute approximate surface area is 133 Å². The molecule has 0 fully saturated rings. The summed E-state index contributed by atoms with van der Waals surface area (Å²) in [5.74, 6) is 1.47. The number of hydrogen-bond acceptors (Lipinski definition) is 3. The van der Waals surface area contributed by atoms with Crippen molar-refractivity contribution in [1.29, 1.82) is 0 Å². The largest absolute Gasteiger partial charge is 0.457 e. The second-order valence-corrected chi connectivity index (χ2v) is 5.91. The molecule has 0 saturated heterocycles. The number of hydrogen-bond donors (Lipinski definition) is 2. The summed E-state index contributed by atoms with van der Waals surface area (Å²) < 4.78 is 7.48. The molecule has 0 atom stereocenters. The minimum atomic E-state index is 0.0436. The summed E-state index contributed by atoms with van der Waals surface area (Å²) >= 11 is 6.79. The number of nitrogens with zero attached hydrogens (tertiary/aromatic N) is 1. The molecule has 4 nitrogen and oxygen atoms in total. The molecule has 0 saturated carbocycles. The van der Waals surface area contributed by atoms with Gasteiger partial charge in [-0.15, -0.1) is 0 Å². The highest BCUT2D eigenvalue weighted by atomic mass is 79.9. The summed E-state index contributed by atoms with van der Waals surface area (Å²) in [5, 5.41) is 11.7. The summed E-state index contributed by atoms with van der Waals surface area (Å²) in [7, 11) is 0. The van der Waals surface area contributed by atoms with Crippen LogP contribution in [0.25, 0.3) is 0 Å². The van der Waals surface area contributed by atoms with Crippen molar-refractivity contribution in [2.45, 2.75) is 6.92 Å². The highest BCUT2D eigenvalue weighted by molar-refractivity contribution is 9.10. The quantitative estimate of drug-likeness (QED) is 0.347. The zero-order valence-corrected chi connectivity index (χ0v) is 13.8. The second kappa shape index (κ2) is 6.28. The first-order valence-corrected chi connectivity index (χ1v) is 7.31. The Bertz CT molecular complexity index is 672. The van der Waals surface area contributed by atoms with E-state index in [-0.39, 0.29) is 5.84 Å². The standard InChI is InChI=1S/C14H12Br2N2O2/c1-8-2-3-9(15)6-13(8)20-10-4-5-11(12(16)7-10)14(17)18-19/h2-7,19H,1H3,(H2,17,18). The maximum absolute atomic E-state index is 8.69. The molecule has 2 rings (SSSR count). The van der Waals surface area contributed by atoms with E-state index in [4.69, 9.17) is 15.7 Å². The van der Waals surface area contributed by atoms with E-state index in [1.54, 1.807) is 18.2 Å². The predicted molar refractivity (Wildman–Crippen MR) is 85.6 cm³/mol. The lowest BCUT2D eigenvalue weighted by atomic mass is 10.2. The maximum atomic E-state index is 8.69. The average Bonchev–Trinajstić information content (AvgIpc) is 2.42. The molecule has 0 aliphatic heterocycles. The third-order valence-electron chi connectivity index (χ3n) is 2.70. The van der Waals surface area contributed by atoms with Gasteiger partial charge in [-0.05, 0) is 58.7 Å². The van der Waals surface area contributed by atoms with Crippen molar-refractivity contribution in [3.63, 3.8) is 0 Å². The monoisotopic (exact) mass is 398 g/mol. The van der Waals surface area contributed by atoms with Crippen LogP contribution in [-0.4, -0.2) is 11.0 Å². The number of ether oxygens (including phenoxy) is 1. The molecule has 0 heterocycles. The van der Waals surface area contributed by atoms with Crippen molar-refractivity contribution in [2.24, 2.45) is 10.9 Å². The van der Waals surface area contributed by atoms with E-state index in [1.807, 2.05) is 25.1 Å². The van der Waals surface area contributed by atoms with Gasteiger partial charge in [-0.1, -0.05) is 27.2 Å². The van der Waals surface area contributed by atoms with Crippen molar-refractivity contribution in [1.82, 2.24) is 0 Å². The number of benzene rings is 2. The Kier molecular flexibility index (Phi) is 4.67. The van der Waals surface area contributed by atoms with Crippen LogP contribution in [0.3, 0.4) is 0 Å². The summed E-state index contributed by atoms with van der Waals surface area (Å²) in [5.41, 5.74) is 7.20. The van der Waals surface area contributed by atoms with Crippen LogP contribution in [0.15, 0.2) is 50.5 Å². The van der Waals surface area contributed by atoms with Gasteiger partial charge in [0.2, 0.25) is 0 Å². The average molecular weight is 400 g/mol. The van der Waals surface area contributed by atoms with E-state index in [9.17, 15) is 0 Å². The molecule has 2 aromatic rings. The van der Waals surface area contributed by atoms with Gasteiger partial charge >= 0.3 is 0 Å². The Hall–Kier alpha value is -1.53. The molecule has 0 spiro atoms. The van der Waals surface area contributed by atoms with Crippen molar-refractivity contribution in [3.05, 3.63) is 56.5 Å². The number of oxime groups is 1. The fourth-order valence-electron chi connectivity index (χ4n) is 1.63. The van der Waals surface area contributed by atoms with E-state index in [2.05, 4.69) is 37.0 Å². The molecule has 0 aliphatic carbocycles. The zero-order chi connectivity index (χ0) is 14.7. The van der Waals surface area contributed by atoms with E-state index in [0.717, 1.165) is 15.8 Å². The van der Waals surface area contributed by atoms with Gasteiger partial charge in [0, 0.05) is 14.5 Å². The molecule has 0 bridgehead atoms. The third kappa shape index (κ3) is 3.32. The number of rotatable bonds is 3. The Balaban J connectivity index is 2.31. The van der Waals surface area contributed by atoms with E-state index in [0.29, 0.717) is 15.8 Å². The van der Waals surface area contributed by atoms with Gasteiger partial charge in [0.25, 0.3) is 0 Å². The van der Waals surface area contributed by atoms with E-state index in [1.165, 1.54) is 0 Å². The number of aryl methyl sites for hydroxylation is 1. The smallest absolute Gasteiger partial charge is 0.171 e. The number of amidine groups is 1. The van der Waals surface area contributed by atoms with Crippen LogP contribution in [0.2, 0.25) is 0 Å². The van der Waals surface area contributed by atoms with Gasteiger partial charge in [-0.25, -0.2) is 0 Å². The number of halogens is 2. The van der Waals surface area contributed by atoms with Crippen molar-refractivity contribution < 1.29 is 9.94 Å². The molecule has 0 amide bonds. The Morgan fingerprint density at radius 3 is 2.60 bits per heavy atom. The van der Waals surface area contributed by atoms with Gasteiger partial charge in [-0.2, -0.15) is 0 Å². The molecule has 104 valence electrons. The first-order valence-electron chi connectivity index (χ1n) is 5.72. The molecule has 20 heavy (non-hydrogen) atoms. The van der Waals surface area contributed by atoms with Crippen molar-refractivity contribution >= 4 is 37.7 Å². The lowest BCUT2D eigenvalue weighted by molar-refractivity contribution is 0.318. The molecule has 2 aromatic carbocycles. The lowest BCUT2D eigenvalue weighted by Gasteiger charge is -2.11. The summed E-state index contributed by atoms with van der Waals surface area (Å²) in [4.78, 5) is 0. The molecule has 0 aliphatic rings. The molecule has 0 unspecified atom stereocenters. The predicted octanol–water partition coefficient (Wildman–Crippen LogP) is 4.41. The van der Waals surface area contributed by atoms with Crippen LogP contribution in [-0.2, 0) is 0 Å². The van der Waals surface area contributed by atoms with Gasteiger partial charge in [0.05, 0.1) is 0 Å². The maximum Gasteiger partial charge on any atom is 0.171 e. The molecule has 0 aromatic heterocycles. The Morgan fingerprint density at radius 1 is 1.20 bits per heavy atom. The van der Waals surface area contributed by atoms with Crippen molar-refractivity contribution in [2.75, 3.05) is 0 Å². The molecule has 3 N–H and O–H groups in total. The SMILES string of the molecule is Cc1ccc(Br)cc1Oc1ccc(/C(N)=N/O)c(Br)c1.